The first-order valence-corrected chi connectivity index (χ1v) is 8.43. The molecule has 1 amide bonds. The predicted molar refractivity (Wildman–Crippen MR) is 90.0 cm³/mol. The Morgan fingerprint density at radius 2 is 2.09 bits per heavy atom. The highest BCUT2D eigenvalue weighted by molar-refractivity contribution is 6.30. The molecule has 1 N–H and O–H groups in total. The van der Waals surface area contributed by atoms with E-state index in [0.29, 0.717) is 22.3 Å². The summed E-state index contributed by atoms with van der Waals surface area (Å²) in [5, 5.41) is 12.4. The number of nitrogens with one attached hydrogen (secondary N) is 1. The van der Waals surface area contributed by atoms with Crippen LogP contribution in [0.5, 0.6) is 0 Å². The van der Waals surface area contributed by atoms with Gasteiger partial charge in [0.1, 0.15) is 0 Å². The van der Waals surface area contributed by atoms with Crippen molar-refractivity contribution >= 4 is 17.5 Å². The molecule has 1 fully saturated rings. The number of hydrogen-bond donors (Lipinski definition) is 1. The zero-order chi connectivity index (χ0) is 16.4. The highest BCUT2D eigenvalue weighted by atomic mass is 35.5. The summed E-state index contributed by atoms with van der Waals surface area (Å²) >= 11 is 6.00. The maximum atomic E-state index is 12.5. The molecule has 2 aromatic rings. The minimum absolute atomic E-state index is 0.144. The number of carbonyl (C=O) groups is 1. The molecule has 0 saturated heterocycles. The quantitative estimate of drug-likeness (QED) is 0.935. The summed E-state index contributed by atoms with van der Waals surface area (Å²) in [5.41, 5.74) is 1.74. The Morgan fingerprint density at radius 3 is 2.83 bits per heavy atom. The van der Waals surface area contributed by atoms with E-state index in [4.69, 9.17) is 11.6 Å². The summed E-state index contributed by atoms with van der Waals surface area (Å²) in [5.74, 6) is 0.366. The normalized spacial score (nSPS) is 21.2. The number of carbonyl (C=O) groups excluding carboxylic acids is 1. The van der Waals surface area contributed by atoms with Gasteiger partial charge in [0.05, 0.1) is 11.4 Å². The van der Waals surface area contributed by atoms with E-state index in [-0.39, 0.29) is 11.9 Å². The summed E-state index contributed by atoms with van der Waals surface area (Å²) in [6.07, 6.45) is 4.62. The molecule has 2 atom stereocenters. The molecular formula is C17H21ClN4O. The fourth-order valence-electron chi connectivity index (χ4n) is 3.07. The van der Waals surface area contributed by atoms with Gasteiger partial charge in [-0.15, -0.1) is 5.10 Å². The van der Waals surface area contributed by atoms with Gasteiger partial charge in [0, 0.05) is 11.1 Å². The average molecular weight is 333 g/mol. The molecule has 1 aliphatic carbocycles. The fraction of sp³-hybridized carbons (Fsp3) is 0.471. The Hall–Kier alpha value is -1.88. The van der Waals surface area contributed by atoms with Crippen LogP contribution in [0.1, 0.15) is 48.8 Å². The number of halogens is 1. The Bertz CT molecular complexity index is 712. The van der Waals surface area contributed by atoms with Crippen molar-refractivity contribution in [1.29, 1.82) is 0 Å². The maximum Gasteiger partial charge on any atom is 0.273 e. The van der Waals surface area contributed by atoms with Gasteiger partial charge in [-0.3, -0.25) is 4.79 Å². The smallest absolute Gasteiger partial charge is 0.273 e. The number of aryl methyl sites for hydroxylation is 1. The van der Waals surface area contributed by atoms with Crippen molar-refractivity contribution in [2.24, 2.45) is 5.92 Å². The van der Waals surface area contributed by atoms with Crippen LogP contribution < -0.4 is 5.32 Å². The molecule has 0 aliphatic heterocycles. The van der Waals surface area contributed by atoms with Crippen LogP contribution in [0.4, 0.5) is 0 Å². The van der Waals surface area contributed by atoms with Gasteiger partial charge in [-0.2, -0.15) is 9.90 Å². The van der Waals surface area contributed by atoms with Crippen LogP contribution in [0.2, 0.25) is 5.02 Å². The highest BCUT2D eigenvalue weighted by Crippen LogP contribution is 2.24. The number of rotatable bonds is 3. The molecule has 1 aromatic heterocycles. The minimum Gasteiger partial charge on any atom is -0.348 e. The van der Waals surface area contributed by atoms with E-state index >= 15 is 0 Å². The number of nitrogens with zero attached hydrogens (tertiary/aromatic N) is 3. The average Bonchev–Trinajstić information content (AvgIpc) is 2.92. The molecule has 6 heteroatoms. The summed E-state index contributed by atoms with van der Waals surface area (Å²) in [4.78, 5) is 14.0. The van der Waals surface area contributed by atoms with Gasteiger partial charge in [0.25, 0.3) is 5.91 Å². The van der Waals surface area contributed by atoms with Crippen LogP contribution in [0.15, 0.2) is 24.3 Å². The van der Waals surface area contributed by atoms with E-state index in [2.05, 4.69) is 22.4 Å². The molecule has 23 heavy (non-hydrogen) atoms. The standard InChI is InChI=1S/C17H21ClN4O/c1-11-6-3-4-9-15(11)19-17(23)16-12(2)20-22(21-16)14-8-5-7-13(18)10-14/h5,7-8,10-11,15H,3-4,6,9H2,1-2H3,(H,19,23). The zero-order valence-electron chi connectivity index (χ0n) is 13.4. The van der Waals surface area contributed by atoms with Crippen molar-refractivity contribution in [2.75, 3.05) is 0 Å². The highest BCUT2D eigenvalue weighted by Gasteiger charge is 2.25. The van der Waals surface area contributed by atoms with Gasteiger partial charge < -0.3 is 5.32 Å². The van der Waals surface area contributed by atoms with E-state index in [1.54, 1.807) is 19.1 Å². The van der Waals surface area contributed by atoms with Gasteiger partial charge >= 0.3 is 0 Å². The van der Waals surface area contributed by atoms with Crippen LogP contribution in [0.25, 0.3) is 5.69 Å². The first kappa shape index (κ1) is 16.0. The lowest BCUT2D eigenvalue weighted by molar-refractivity contribution is 0.0904. The van der Waals surface area contributed by atoms with Crippen LogP contribution in [0, 0.1) is 12.8 Å². The fourth-order valence-corrected chi connectivity index (χ4v) is 3.26. The van der Waals surface area contributed by atoms with Gasteiger partial charge in [-0.05, 0) is 43.9 Å². The lowest BCUT2D eigenvalue weighted by Crippen LogP contribution is -2.41. The Morgan fingerprint density at radius 1 is 1.30 bits per heavy atom. The number of hydrogen-bond acceptors (Lipinski definition) is 3. The lowest BCUT2D eigenvalue weighted by Gasteiger charge is -2.29. The second-order valence-electron chi connectivity index (χ2n) is 6.25. The first-order chi connectivity index (χ1) is 11.0. The first-order valence-electron chi connectivity index (χ1n) is 8.05. The maximum absolute atomic E-state index is 12.5. The van der Waals surface area contributed by atoms with Crippen molar-refractivity contribution in [3.8, 4) is 5.69 Å². The van der Waals surface area contributed by atoms with Gasteiger partial charge in [0.2, 0.25) is 0 Å². The van der Waals surface area contributed by atoms with Crippen molar-refractivity contribution in [2.45, 2.75) is 45.6 Å². The Labute approximate surface area is 141 Å². The lowest BCUT2D eigenvalue weighted by atomic mass is 9.86. The van der Waals surface area contributed by atoms with Crippen LogP contribution in [0.3, 0.4) is 0 Å². The summed E-state index contributed by atoms with van der Waals surface area (Å²) in [6.45, 7) is 3.99. The molecule has 122 valence electrons. The molecule has 1 aromatic carbocycles. The van der Waals surface area contributed by atoms with E-state index < -0.39 is 0 Å². The Balaban J connectivity index is 1.79. The minimum atomic E-state index is -0.144. The summed E-state index contributed by atoms with van der Waals surface area (Å²) < 4.78 is 0. The number of amides is 1. The van der Waals surface area contributed by atoms with Crippen molar-refractivity contribution in [3.63, 3.8) is 0 Å². The largest absolute Gasteiger partial charge is 0.348 e. The molecule has 2 unspecified atom stereocenters. The van der Waals surface area contributed by atoms with Crippen LogP contribution in [-0.4, -0.2) is 26.9 Å². The third-order valence-corrected chi connectivity index (χ3v) is 4.70. The van der Waals surface area contributed by atoms with Crippen molar-refractivity contribution in [1.82, 2.24) is 20.3 Å². The zero-order valence-corrected chi connectivity index (χ0v) is 14.2. The summed E-state index contributed by atoms with van der Waals surface area (Å²) in [7, 11) is 0. The van der Waals surface area contributed by atoms with E-state index in [9.17, 15) is 4.79 Å². The number of aromatic nitrogens is 3. The number of benzene rings is 1. The second-order valence-corrected chi connectivity index (χ2v) is 6.68. The van der Waals surface area contributed by atoms with Crippen LogP contribution in [-0.2, 0) is 0 Å². The molecule has 1 saturated carbocycles. The molecule has 0 spiro atoms. The van der Waals surface area contributed by atoms with E-state index in [0.717, 1.165) is 12.1 Å². The van der Waals surface area contributed by atoms with Crippen molar-refractivity contribution in [3.05, 3.63) is 40.7 Å². The Kier molecular flexibility index (Phi) is 4.66. The molecule has 0 bridgehead atoms. The molecule has 3 rings (SSSR count). The van der Waals surface area contributed by atoms with Crippen molar-refractivity contribution < 1.29 is 4.79 Å². The monoisotopic (exact) mass is 332 g/mol. The molecule has 1 heterocycles. The molecule has 1 aliphatic rings. The summed E-state index contributed by atoms with van der Waals surface area (Å²) in [6, 6.07) is 7.48. The predicted octanol–water partition coefficient (Wildman–Crippen LogP) is 3.54. The topological polar surface area (TPSA) is 59.8 Å². The van der Waals surface area contributed by atoms with E-state index in [1.807, 2.05) is 12.1 Å². The van der Waals surface area contributed by atoms with E-state index in [1.165, 1.54) is 24.1 Å². The molecule has 5 nitrogen and oxygen atoms in total. The SMILES string of the molecule is Cc1nn(-c2cccc(Cl)c2)nc1C(=O)NC1CCCCC1C. The van der Waals surface area contributed by atoms with Gasteiger partial charge in [-0.1, -0.05) is 37.4 Å². The van der Waals surface area contributed by atoms with Gasteiger partial charge in [-0.25, -0.2) is 0 Å². The third kappa shape index (κ3) is 3.55. The second kappa shape index (κ2) is 6.71. The molecule has 0 radical (unpaired) electrons. The third-order valence-electron chi connectivity index (χ3n) is 4.46. The van der Waals surface area contributed by atoms with Gasteiger partial charge in [0.15, 0.2) is 5.69 Å². The van der Waals surface area contributed by atoms with Crippen LogP contribution >= 0.6 is 11.6 Å². The molecular weight excluding hydrogens is 312 g/mol.